The van der Waals surface area contributed by atoms with Crippen LogP contribution in [-0.2, 0) is 0 Å². The van der Waals surface area contributed by atoms with Gasteiger partial charge in [0.25, 0.3) is 5.92 Å². The average molecular weight is 360 g/mol. The van der Waals surface area contributed by atoms with Crippen molar-refractivity contribution in [2.45, 2.75) is 19.8 Å². The van der Waals surface area contributed by atoms with Gasteiger partial charge < -0.3 is 14.7 Å². The summed E-state index contributed by atoms with van der Waals surface area (Å²) in [4.78, 5) is 15.3. The lowest BCUT2D eigenvalue weighted by atomic mass is 10.1. The first-order chi connectivity index (χ1) is 12.3. The Morgan fingerprint density at radius 2 is 2.08 bits per heavy atom. The summed E-state index contributed by atoms with van der Waals surface area (Å²) < 4.78 is 41.9. The number of nitrogens with zero attached hydrogens (tertiary/aromatic N) is 4. The molecule has 0 aromatic carbocycles. The summed E-state index contributed by atoms with van der Waals surface area (Å²) in [5.41, 5.74) is 2.88. The molecule has 0 spiro atoms. The number of pyridine rings is 1. The van der Waals surface area contributed by atoms with E-state index in [-0.39, 0.29) is 11.6 Å². The number of alkyl halides is 2. The van der Waals surface area contributed by atoms with Crippen molar-refractivity contribution in [3.05, 3.63) is 42.4 Å². The molecule has 0 fully saturated rings. The molecule has 0 bridgehead atoms. The highest BCUT2D eigenvalue weighted by molar-refractivity contribution is 5.93. The molecule has 4 rings (SSSR count). The molecule has 0 radical (unpaired) electrons. The molecular formula is C17H15F3N6. The van der Waals surface area contributed by atoms with Gasteiger partial charge in [-0.3, -0.25) is 0 Å². The topological polar surface area (TPSA) is 70.9 Å². The lowest BCUT2D eigenvalue weighted by molar-refractivity contribution is 0.0366. The fraction of sp³-hybridized carbons (Fsp3) is 0.235. The number of aromatic amines is 1. The lowest BCUT2D eigenvalue weighted by Gasteiger charge is -2.10. The molecule has 0 amide bonds. The first-order valence-electron chi connectivity index (χ1n) is 7.91. The number of nitrogens with one attached hydrogen (secondary N) is 2. The fourth-order valence-corrected chi connectivity index (χ4v) is 2.78. The van der Waals surface area contributed by atoms with Crippen LogP contribution in [-0.4, -0.2) is 36.8 Å². The molecule has 2 N–H and O–H groups in total. The van der Waals surface area contributed by atoms with Crippen LogP contribution < -0.4 is 5.32 Å². The standard InChI is InChI=1S/C17H15F3N6/c1-9-4-22-15-13(18)3-10(7-26(9)15)11-5-21-14-12(11)6-23-16(25-14)24-8-17(2,19)20/h3-7H,8H2,1-2H3,(H2,21,23,24,25). The van der Waals surface area contributed by atoms with E-state index in [1.165, 1.54) is 12.3 Å². The molecule has 134 valence electrons. The molecule has 0 atom stereocenters. The summed E-state index contributed by atoms with van der Waals surface area (Å²) in [6, 6.07) is 1.40. The molecule has 0 aliphatic carbocycles. The highest BCUT2D eigenvalue weighted by atomic mass is 19.3. The highest BCUT2D eigenvalue weighted by Gasteiger charge is 2.21. The number of aryl methyl sites for hydroxylation is 1. The van der Waals surface area contributed by atoms with Crippen LogP contribution in [0.25, 0.3) is 27.8 Å². The zero-order chi connectivity index (χ0) is 18.5. The Kier molecular flexibility index (Phi) is 3.60. The molecule has 4 heterocycles. The minimum absolute atomic E-state index is 0.0968. The van der Waals surface area contributed by atoms with Crippen molar-refractivity contribution in [2.75, 3.05) is 11.9 Å². The van der Waals surface area contributed by atoms with Crippen LogP contribution >= 0.6 is 0 Å². The smallest absolute Gasteiger partial charge is 0.262 e. The van der Waals surface area contributed by atoms with E-state index in [2.05, 4.69) is 25.3 Å². The van der Waals surface area contributed by atoms with E-state index >= 15 is 0 Å². The van der Waals surface area contributed by atoms with Gasteiger partial charge in [-0.25, -0.2) is 23.1 Å². The molecule has 0 unspecified atom stereocenters. The Morgan fingerprint density at radius 3 is 2.85 bits per heavy atom. The molecule has 0 saturated carbocycles. The van der Waals surface area contributed by atoms with Crippen LogP contribution in [0.4, 0.5) is 19.1 Å². The second-order valence-electron chi connectivity index (χ2n) is 6.25. The molecule has 0 aliphatic heterocycles. The van der Waals surface area contributed by atoms with Gasteiger partial charge in [0.05, 0.1) is 6.54 Å². The van der Waals surface area contributed by atoms with Gasteiger partial charge in [0, 0.05) is 53.9 Å². The quantitative estimate of drug-likeness (QED) is 0.581. The first kappa shape index (κ1) is 16.4. The third kappa shape index (κ3) is 2.85. The van der Waals surface area contributed by atoms with Crippen molar-refractivity contribution in [1.29, 1.82) is 0 Å². The second-order valence-corrected chi connectivity index (χ2v) is 6.25. The highest BCUT2D eigenvalue weighted by Crippen LogP contribution is 2.29. The number of imidazole rings is 1. The number of hydrogen-bond acceptors (Lipinski definition) is 4. The summed E-state index contributed by atoms with van der Waals surface area (Å²) in [6.45, 7) is 2.09. The van der Waals surface area contributed by atoms with Crippen LogP contribution in [0.2, 0.25) is 0 Å². The Bertz CT molecular complexity index is 1110. The molecule has 6 nitrogen and oxygen atoms in total. The number of halogens is 3. The van der Waals surface area contributed by atoms with E-state index in [9.17, 15) is 13.2 Å². The van der Waals surface area contributed by atoms with Crippen molar-refractivity contribution in [1.82, 2.24) is 24.3 Å². The predicted molar refractivity (Wildman–Crippen MR) is 91.9 cm³/mol. The SMILES string of the molecule is Cc1cnc2c(F)cc(-c3c[nH]c4nc(NCC(C)(F)F)ncc34)cn12. The Labute approximate surface area is 146 Å². The van der Waals surface area contributed by atoms with E-state index in [4.69, 9.17) is 0 Å². The number of hydrogen-bond donors (Lipinski definition) is 2. The van der Waals surface area contributed by atoms with Crippen LogP contribution in [0.5, 0.6) is 0 Å². The van der Waals surface area contributed by atoms with Gasteiger partial charge in [-0.15, -0.1) is 0 Å². The largest absolute Gasteiger partial charge is 0.348 e. The normalized spacial score (nSPS) is 12.2. The van der Waals surface area contributed by atoms with Gasteiger partial charge in [0.1, 0.15) is 5.65 Å². The third-order valence-corrected chi connectivity index (χ3v) is 4.05. The van der Waals surface area contributed by atoms with Crippen molar-refractivity contribution in [3.63, 3.8) is 0 Å². The zero-order valence-electron chi connectivity index (χ0n) is 14.0. The van der Waals surface area contributed by atoms with E-state index < -0.39 is 18.3 Å². The second kappa shape index (κ2) is 5.72. The van der Waals surface area contributed by atoms with E-state index in [1.807, 2.05) is 6.92 Å². The van der Waals surface area contributed by atoms with Gasteiger partial charge in [-0.05, 0) is 13.0 Å². The summed E-state index contributed by atoms with van der Waals surface area (Å²) >= 11 is 0. The summed E-state index contributed by atoms with van der Waals surface area (Å²) in [7, 11) is 0. The minimum Gasteiger partial charge on any atom is -0.348 e. The molecular weight excluding hydrogens is 345 g/mol. The van der Waals surface area contributed by atoms with Crippen molar-refractivity contribution in [3.8, 4) is 11.1 Å². The monoisotopic (exact) mass is 360 g/mol. The van der Waals surface area contributed by atoms with Gasteiger partial charge in [-0.1, -0.05) is 0 Å². The maximum absolute atomic E-state index is 14.3. The van der Waals surface area contributed by atoms with Gasteiger partial charge in [0.15, 0.2) is 11.5 Å². The zero-order valence-corrected chi connectivity index (χ0v) is 14.0. The number of fused-ring (bicyclic) bond motifs is 2. The van der Waals surface area contributed by atoms with Crippen LogP contribution in [0.1, 0.15) is 12.6 Å². The molecule has 4 aromatic heterocycles. The van der Waals surface area contributed by atoms with Crippen molar-refractivity contribution in [2.24, 2.45) is 0 Å². The Balaban J connectivity index is 1.75. The average Bonchev–Trinajstić information content (AvgIpc) is 3.16. The maximum Gasteiger partial charge on any atom is 0.262 e. The number of aromatic nitrogens is 5. The summed E-state index contributed by atoms with van der Waals surface area (Å²) in [6.07, 6.45) is 6.59. The molecule has 0 aliphatic rings. The molecule has 26 heavy (non-hydrogen) atoms. The molecule has 4 aromatic rings. The minimum atomic E-state index is -2.87. The molecule has 0 saturated heterocycles. The van der Waals surface area contributed by atoms with Gasteiger partial charge in [-0.2, -0.15) is 4.98 Å². The Hall–Kier alpha value is -3.10. The van der Waals surface area contributed by atoms with E-state index in [1.54, 1.807) is 23.0 Å². The van der Waals surface area contributed by atoms with Crippen molar-refractivity contribution >= 4 is 22.6 Å². The van der Waals surface area contributed by atoms with Crippen LogP contribution in [0, 0.1) is 12.7 Å². The van der Waals surface area contributed by atoms with Crippen LogP contribution in [0.3, 0.4) is 0 Å². The third-order valence-electron chi connectivity index (χ3n) is 4.05. The number of H-pyrrole nitrogens is 1. The van der Waals surface area contributed by atoms with E-state index in [0.29, 0.717) is 22.2 Å². The summed E-state index contributed by atoms with van der Waals surface area (Å²) in [5, 5.41) is 3.16. The molecule has 9 heteroatoms. The fourth-order valence-electron chi connectivity index (χ4n) is 2.78. The van der Waals surface area contributed by atoms with Gasteiger partial charge >= 0.3 is 0 Å². The van der Waals surface area contributed by atoms with Crippen molar-refractivity contribution < 1.29 is 13.2 Å². The maximum atomic E-state index is 14.3. The first-order valence-corrected chi connectivity index (χ1v) is 7.91. The number of anilines is 1. The predicted octanol–water partition coefficient (Wildman–Crippen LogP) is 3.79. The van der Waals surface area contributed by atoms with Gasteiger partial charge in [0.2, 0.25) is 5.95 Å². The van der Waals surface area contributed by atoms with Crippen LogP contribution in [0.15, 0.2) is 30.9 Å². The van der Waals surface area contributed by atoms with E-state index in [0.717, 1.165) is 12.6 Å². The lowest BCUT2D eigenvalue weighted by Crippen LogP contribution is -2.23. The Morgan fingerprint density at radius 1 is 1.27 bits per heavy atom. The summed E-state index contributed by atoms with van der Waals surface area (Å²) in [5.74, 6) is -3.21. The number of rotatable bonds is 4.